The van der Waals surface area contributed by atoms with Crippen LogP contribution in [0.5, 0.6) is 0 Å². The topological polar surface area (TPSA) is 119 Å². The summed E-state index contributed by atoms with van der Waals surface area (Å²) in [6.07, 6.45) is 49.6. The number of hydrogen-bond donors (Lipinski definition) is 3. The quantitative estimate of drug-likeness (QED) is 0.0322. The molecule has 0 bridgehead atoms. The number of carbonyl (C=O) groups excluding carboxylic acids is 2. The smallest absolute Gasteiger partial charge is 0.326 e. The first-order valence-corrected chi connectivity index (χ1v) is 23.7. The van der Waals surface area contributed by atoms with Crippen LogP contribution < -0.4 is 11.1 Å². The number of aliphatic carboxylic acids is 1. The predicted octanol–water partition coefficient (Wildman–Crippen LogP) is 13.6. The zero-order chi connectivity index (χ0) is 40.3. The Balaban J connectivity index is 3.97. The molecular formula is C48H90N2O5. The van der Waals surface area contributed by atoms with Gasteiger partial charge in [0.25, 0.3) is 0 Å². The lowest BCUT2D eigenvalue weighted by atomic mass is 10.0. The maximum atomic E-state index is 12.7. The Hall–Kier alpha value is -2.15. The second-order valence-corrected chi connectivity index (χ2v) is 16.2. The van der Waals surface area contributed by atoms with Gasteiger partial charge in [0.15, 0.2) is 0 Å². The highest BCUT2D eigenvalue weighted by atomic mass is 16.5. The Morgan fingerprint density at radius 3 is 1.40 bits per heavy atom. The number of carbonyl (C=O) groups is 3. The largest absolute Gasteiger partial charge is 0.480 e. The van der Waals surface area contributed by atoms with Gasteiger partial charge in [0.1, 0.15) is 12.1 Å². The summed E-state index contributed by atoms with van der Waals surface area (Å²) in [5, 5.41) is 11.9. The van der Waals surface area contributed by atoms with E-state index in [0.717, 1.165) is 70.6 Å². The average molecular weight is 775 g/mol. The second-order valence-electron chi connectivity index (χ2n) is 16.2. The number of esters is 1. The zero-order valence-corrected chi connectivity index (χ0v) is 36.3. The maximum absolute atomic E-state index is 12.7. The number of carboxylic acids is 1. The van der Waals surface area contributed by atoms with Gasteiger partial charge < -0.3 is 20.9 Å². The van der Waals surface area contributed by atoms with E-state index in [2.05, 4.69) is 43.5 Å². The number of allylic oxidation sites excluding steroid dienone is 4. The molecule has 0 radical (unpaired) electrons. The lowest BCUT2D eigenvalue weighted by Gasteiger charge is -2.18. The van der Waals surface area contributed by atoms with Crippen molar-refractivity contribution >= 4 is 17.8 Å². The Labute approximate surface area is 340 Å². The van der Waals surface area contributed by atoms with Crippen LogP contribution in [0.1, 0.15) is 245 Å². The molecule has 0 aromatic heterocycles. The highest BCUT2D eigenvalue weighted by Gasteiger charge is 2.19. The molecule has 0 aliphatic carbocycles. The van der Waals surface area contributed by atoms with Crippen LogP contribution in [0.4, 0.5) is 0 Å². The van der Waals surface area contributed by atoms with Gasteiger partial charge in [-0.15, -0.1) is 0 Å². The Kier molecular flexibility index (Phi) is 41.3. The monoisotopic (exact) mass is 775 g/mol. The third-order valence-electron chi connectivity index (χ3n) is 10.8. The summed E-state index contributed by atoms with van der Waals surface area (Å²) in [5.41, 5.74) is 5.48. The van der Waals surface area contributed by atoms with Crippen molar-refractivity contribution in [2.24, 2.45) is 5.73 Å². The van der Waals surface area contributed by atoms with Crippen LogP contribution >= 0.6 is 0 Å². The summed E-state index contributed by atoms with van der Waals surface area (Å²) in [4.78, 5) is 36.3. The normalized spacial score (nSPS) is 12.8. The lowest BCUT2D eigenvalue weighted by molar-refractivity contribution is -0.150. The highest BCUT2D eigenvalue weighted by Crippen LogP contribution is 2.19. The molecule has 2 atom stereocenters. The molecule has 55 heavy (non-hydrogen) atoms. The fourth-order valence-electron chi connectivity index (χ4n) is 7.19. The molecule has 4 N–H and O–H groups in total. The minimum atomic E-state index is -1.00. The Morgan fingerprint density at radius 2 is 0.945 bits per heavy atom. The van der Waals surface area contributed by atoms with Crippen molar-refractivity contribution in [3.05, 3.63) is 24.3 Å². The molecule has 7 heteroatoms. The zero-order valence-electron chi connectivity index (χ0n) is 36.3. The summed E-state index contributed by atoms with van der Waals surface area (Å²) >= 11 is 0. The summed E-state index contributed by atoms with van der Waals surface area (Å²) in [6.45, 7) is 4.92. The molecule has 0 spiro atoms. The number of unbranched alkanes of at least 4 members (excludes halogenated alkanes) is 25. The SMILES string of the molecule is CCCCCCC/C=C\C/C=C\CCCCCCCCCCCCCC(=O)OC(CCCCCCCC)CCCCCCCC(=O)NC(CCCN)C(=O)O. The molecule has 1 amide bonds. The van der Waals surface area contributed by atoms with Gasteiger partial charge in [0.2, 0.25) is 5.91 Å². The van der Waals surface area contributed by atoms with Crippen LogP contribution in [0.3, 0.4) is 0 Å². The van der Waals surface area contributed by atoms with Crippen LogP contribution in [-0.2, 0) is 19.1 Å². The molecule has 0 heterocycles. The first-order valence-electron chi connectivity index (χ1n) is 23.7. The van der Waals surface area contributed by atoms with E-state index in [-0.39, 0.29) is 18.0 Å². The van der Waals surface area contributed by atoms with Crippen molar-refractivity contribution in [3.63, 3.8) is 0 Å². The number of ether oxygens (including phenoxy) is 1. The number of carboxylic acid groups (broad SMARTS) is 1. The van der Waals surface area contributed by atoms with Gasteiger partial charge in [-0.3, -0.25) is 9.59 Å². The van der Waals surface area contributed by atoms with Crippen molar-refractivity contribution in [2.75, 3.05) is 6.54 Å². The van der Waals surface area contributed by atoms with Gasteiger partial charge in [0.05, 0.1) is 0 Å². The molecule has 0 saturated heterocycles. The van der Waals surface area contributed by atoms with Crippen molar-refractivity contribution in [2.45, 2.75) is 257 Å². The second kappa shape index (κ2) is 43.0. The summed E-state index contributed by atoms with van der Waals surface area (Å²) < 4.78 is 6.02. The molecule has 0 saturated carbocycles. The van der Waals surface area contributed by atoms with Crippen molar-refractivity contribution in [1.82, 2.24) is 5.32 Å². The number of amides is 1. The molecule has 0 rings (SSSR count). The van der Waals surface area contributed by atoms with Crippen LogP contribution in [0.15, 0.2) is 24.3 Å². The molecule has 0 aromatic rings. The molecule has 0 aliphatic heterocycles. The van der Waals surface area contributed by atoms with Gasteiger partial charge in [0, 0.05) is 12.8 Å². The van der Waals surface area contributed by atoms with E-state index < -0.39 is 12.0 Å². The van der Waals surface area contributed by atoms with E-state index in [1.165, 1.54) is 135 Å². The third kappa shape index (κ3) is 39.9. The summed E-state index contributed by atoms with van der Waals surface area (Å²) in [5.74, 6) is -1.23. The molecule has 0 fully saturated rings. The molecule has 2 unspecified atom stereocenters. The average Bonchev–Trinajstić information content (AvgIpc) is 3.17. The van der Waals surface area contributed by atoms with Gasteiger partial charge >= 0.3 is 11.9 Å². The number of hydrogen-bond acceptors (Lipinski definition) is 5. The molecule has 7 nitrogen and oxygen atoms in total. The van der Waals surface area contributed by atoms with Gasteiger partial charge in [-0.05, 0) is 90.0 Å². The van der Waals surface area contributed by atoms with Gasteiger partial charge in [-0.1, -0.05) is 173 Å². The number of nitrogens with one attached hydrogen (secondary N) is 1. The minimum absolute atomic E-state index is 0.0179. The fraction of sp³-hybridized carbons (Fsp3) is 0.854. The van der Waals surface area contributed by atoms with Crippen molar-refractivity contribution in [1.29, 1.82) is 0 Å². The van der Waals surface area contributed by atoms with Crippen molar-refractivity contribution in [3.8, 4) is 0 Å². The first kappa shape index (κ1) is 52.9. The van der Waals surface area contributed by atoms with E-state index in [0.29, 0.717) is 32.2 Å². The van der Waals surface area contributed by atoms with Crippen LogP contribution in [-0.4, -0.2) is 41.6 Å². The maximum Gasteiger partial charge on any atom is 0.326 e. The standard InChI is InChI=1S/C48H90N2O5/c1-3-5-7-9-11-12-13-14-15-16-17-18-19-20-21-22-23-24-25-26-27-32-36-42-47(52)55-44(38-33-29-10-8-6-4-2)39-34-30-28-31-35-41-46(51)50-45(48(53)54)40-37-43-49/h13-14,16-17,44-45H,3-12,15,18-43,49H2,1-2H3,(H,50,51)(H,53,54)/b14-13-,17-16-. The van der Waals surface area contributed by atoms with Crippen molar-refractivity contribution < 1.29 is 24.2 Å². The molecule has 322 valence electrons. The predicted molar refractivity (Wildman–Crippen MR) is 234 cm³/mol. The van der Waals surface area contributed by atoms with E-state index >= 15 is 0 Å². The fourth-order valence-corrected chi connectivity index (χ4v) is 7.19. The molecule has 0 aliphatic rings. The van der Waals surface area contributed by atoms with Crippen LogP contribution in [0.25, 0.3) is 0 Å². The highest BCUT2D eigenvalue weighted by molar-refractivity contribution is 5.83. The Morgan fingerprint density at radius 1 is 0.527 bits per heavy atom. The first-order chi connectivity index (χ1) is 26.9. The molecule has 0 aromatic carbocycles. The van der Waals surface area contributed by atoms with E-state index in [9.17, 15) is 19.5 Å². The van der Waals surface area contributed by atoms with E-state index in [1.54, 1.807) is 0 Å². The Bertz CT molecular complexity index is 920. The molecular weight excluding hydrogens is 685 g/mol. The van der Waals surface area contributed by atoms with E-state index in [1.807, 2.05) is 0 Å². The third-order valence-corrected chi connectivity index (χ3v) is 10.8. The summed E-state index contributed by atoms with van der Waals surface area (Å²) in [6, 6.07) is -0.854. The van der Waals surface area contributed by atoms with E-state index in [4.69, 9.17) is 10.5 Å². The van der Waals surface area contributed by atoms with Gasteiger partial charge in [-0.25, -0.2) is 4.79 Å². The number of rotatable bonds is 43. The van der Waals surface area contributed by atoms with Crippen LogP contribution in [0.2, 0.25) is 0 Å². The van der Waals surface area contributed by atoms with Crippen LogP contribution in [0, 0.1) is 0 Å². The lowest BCUT2D eigenvalue weighted by Crippen LogP contribution is -2.40. The minimum Gasteiger partial charge on any atom is -0.480 e. The van der Waals surface area contributed by atoms with Gasteiger partial charge in [-0.2, -0.15) is 0 Å². The summed E-state index contributed by atoms with van der Waals surface area (Å²) in [7, 11) is 0. The number of nitrogens with two attached hydrogens (primary N) is 1.